The number of nitrogens with zero attached hydrogens (tertiary/aromatic N) is 2. The van der Waals surface area contributed by atoms with Crippen molar-refractivity contribution in [2.75, 3.05) is 6.54 Å². The molecule has 0 aliphatic rings. The number of carbonyl (C=O) groups excluding carboxylic acids is 1. The third-order valence-electron chi connectivity index (χ3n) is 2.83. The highest BCUT2D eigenvalue weighted by Crippen LogP contribution is 2.01. The van der Waals surface area contributed by atoms with Crippen molar-refractivity contribution in [1.29, 1.82) is 0 Å². The molecule has 5 nitrogen and oxygen atoms in total. The Hall–Kier alpha value is -1.85. The topological polar surface area (TPSA) is 72.9 Å². The molecule has 0 radical (unpaired) electrons. The maximum Gasteiger partial charge on any atom is 0.237 e. The molecule has 0 spiro atoms. The van der Waals surface area contributed by atoms with Crippen LogP contribution in [0.5, 0.6) is 0 Å². The van der Waals surface area contributed by atoms with E-state index in [4.69, 9.17) is 5.73 Å². The summed E-state index contributed by atoms with van der Waals surface area (Å²) in [6.45, 7) is 1.18. The summed E-state index contributed by atoms with van der Waals surface area (Å²) in [5, 5.41) is 6.88. The number of hydrogen-bond donors (Lipinski definition) is 2. The summed E-state index contributed by atoms with van der Waals surface area (Å²) >= 11 is 0. The van der Waals surface area contributed by atoms with Gasteiger partial charge in [-0.25, -0.2) is 0 Å². The molecule has 1 heterocycles. The molecule has 0 unspecified atom stereocenters. The third kappa shape index (κ3) is 5.03. The normalized spacial score (nSPS) is 11.4. The van der Waals surface area contributed by atoms with E-state index in [-0.39, 0.29) is 18.3 Å². The van der Waals surface area contributed by atoms with Crippen LogP contribution in [-0.4, -0.2) is 28.3 Å². The SMILES string of the molecule is Cl.N[C@@H](Cc1ccccc1)C(=O)NCCn1cccn1. The first-order valence-electron chi connectivity index (χ1n) is 6.30. The Morgan fingerprint density at radius 1 is 1.30 bits per heavy atom. The molecule has 6 heteroatoms. The number of nitrogens with one attached hydrogen (secondary N) is 1. The summed E-state index contributed by atoms with van der Waals surface area (Å²) in [6.07, 6.45) is 4.12. The lowest BCUT2D eigenvalue weighted by Gasteiger charge is -2.12. The van der Waals surface area contributed by atoms with E-state index in [9.17, 15) is 4.79 Å². The summed E-state index contributed by atoms with van der Waals surface area (Å²) in [7, 11) is 0. The Morgan fingerprint density at radius 2 is 2.05 bits per heavy atom. The summed E-state index contributed by atoms with van der Waals surface area (Å²) in [6, 6.07) is 11.1. The second-order valence-electron chi connectivity index (χ2n) is 4.36. The number of aromatic nitrogens is 2. The van der Waals surface area contributed by atoms with Gasteiger partial charge >= 0.3 is 0 Å². The molecule has 20 heavy (non-hydrogen) atoms. The van der Waals surface area contributed by atoms with E-state index in [1.54, 1.807) is 10.9 Å². The zero-order valence-corrected chi connectivity index (χ0v) is 11.9. The van der Waals surface area contributed by atoms with Crippen molar-refractivity contribution in [2.45, 2.75) is 19.0 Å². The van der Waals surface area contributed by atoms with Crippen LogP contribution in [0.15, 0.2) is 48.8 Å². The molecule has 1 aromatic heterocycles. The second kappa shape index (κ2) is 8.35. The molecule has 108 valence electrons. The Labute approximate surface area is 124 Å². The first-order chi connectivity index (χ1) is 9.25. The number of hydrogen-bond acceptors (Lipinski definition) is 3. The fourth-order valence-corrected chi connectivity index (χ4v) is 1.82. The summed E-state index contributed by atoms with van der Waals surface area (Å²) < 4.78 is 1.77. The number of amides is 1. The summed E-state index contributed by atoms with van der Waals surface area (Å²) in [5.74, 6) is -0.129. The van der Waals surface area contributed by atoms with Gasteiger partial charge < -0.3 is 11.1 Å². The van der Waals surface area contributed by atoms with Crippen molar-refractivity contribution in [3.8, 4) is 0 Å². The van der Waals surface area contributed by atoms with Gasteiger partial charge in [-0.2, -0.15) is 5.10 Å². The molecule has 0 bridgehead atoms. The van der Waals surface area contributed by atoms with Gasteiger partial charge in [0.05, 0.1) is 12.6 Å². The maximum atomic E-state index is 11.8. The molecule has 0 fully saturated rings. The predicted molar refractivity (Wildman–Crippen MR) is 80.6 cm³/mol. The highest BCUT2D eigenvalue weighted by atomic mass is 35.5. The summed E-state index contributed by atoms with van der Waals surface area (Å²) in [4.78, 5) is 11.8. The van der Waals surface area contributed by atoms with Crippen LogP contribution in [0.3, 0.4) is 0 Å². The minimum Gasteiger partial charge on any atom is -0.353 e. The molecule has 1 aromatic carbocycles. The number of carbonyl (C=O) groups is 1. The van der Waals surface area contributed by atoms with Crippen molar-refractivity contribution in [2.24, 2.45) is 5.73 Å². The van der Waals surface area contributed by atoms with E-state index in [2.05, 4.69) is 10.4 Å². The molecule has 1 atom stereocenters. The van der Waals surface area contributed by atoms with E-state index in [1.165, 1.54) is 0 Å². The van der Waals surface area contributed by atoms with Crippen LogP contribution in [0.4, 0.5) is 0 Å². The quantitative estimate of drug-likeness (QED) is 0.834. The molecule has 0 aliphatic heterocycles. The highest BCUT2D eigenvalue weighted by Gasteiger charge is 2.13. The second-order valence-corrected chi connectivity index (χ2v) is 4.36. The van der Waals surface area contributed by atoms with Crippen LogP contribution in [-0.2, 0) is 17.8 Å². The predicted octanol–water partition coefficient (Wildman–Crippen LogP) is 0.991. The van der Waals surface area contributed by atoms with Gasteiger partial charge in [0.2, 0.25) is 5.91 Å². The fraction of sp³-hybridized carbons (Fsp3) is 0.286. The molecule has 3 N–H and O–H groups in total. The van der Waals surface area contributed by atoms with Gasteiger partial charge in [0.1, 0.15) is 0 Å². The number of nitrogens with two attached hydrogens (primary N) is 1. The van der Waals surface area contributed by atoms with Crippen LogP contribution in [0.2, 0.25) is 0 Å². The van der Waals surface area contributed by atoms with Crippen LogP contribution < -0.4 is 11.1 Å². The molecule has 1 amide bonds. The largest absolute Gasteiger partial charge is 0.353 e. The molecular formula is C14H19ClN4O. The minimum atomic E-state index is -0.514. The zero-order chi connectivity index (χ0) is 13.5. The first-order valence-corrected chi connectivity index (χ1v) is 6.30. The lowest BCUT2D eigenvalue weighted by Crippen LogP contribution is -2.43. The van der Waals surface area contributed by atoms with Gasteiger partial charge in [-0.1, -0.05) is 30.3 Å². The summed E-state index contributed by atoms with van der Waals surface area (Å²) in [5.41, 5.74) is 6.94. The average Bonchev–Trinajstić information content (AvgIpc) is 2.93. The van der Waals surface area contributed by atoms with Crippen molar-refractivity contribution < 1.29 is 4.79 Å². The molecule has 2 rings (SSSR count). The van der Waals surface area contributed by atoms with E-state index < -0.39 is 6.04 Å². The Bertz CT molecular complexity index is 501. The van der Waals surface area contributed by atoms with Crippen LogP contribution >= 0.6 is 12.4 Å². The lowest BCUT2D eigenvalue weighted by molar-refractivity contribution is -0.122. The molecule has 2 aromatic rings. The Kier molecular flexibility index (Phi) is 6.76. The van der Waals surface area contributed by atoms with E-state index >= 15 is 0 Å². The average molecular weight is 295 g/mol. The zero-order valence-electron chi connectivity index (χ0n) is 11.1. The van der Waals surface area contributed by atoms with Gasteiger partial charge in [-0.05, 0) is 18.1 Å². The molecular weight excluding hydrogens is 276 g/mol. The van der Waals surface area contributed by atoms with Crippen molar-refractivity contribution in [3.63, 3.8) is 0 Å². The van der Waals surface area contributed by atoms with Gasteiger partial charge in [0.25, 0.3) is 0 Å². The van der Waals surface area contributed by atoms with E-state index in [0.29, 0.717) is 19.5 Å². The van der Waals surface area contributed by atoms with Crippen LogP contribution in [0.25, 0.3) is 0 Å². The fourth-order valence-electron chi connectivity index (χ4n) is 1.82. The number of benzene rings is 1. The molecule has 0 aliphatic carbocycles. The van der Waals surface area contributed by atoms with Gasteiger partial charge in [-0.3, -0.25) is 9.48 Å². The van der Waals surface area contributed by atoms with E-state index in [1.807, 2.05) is 42.6 Å². The van der Waals surface area contributed by atoms with Crippen molar-refractivity contribution in [3.05, 3.63) is 54.4 Å². The van der Waals surface area contributed by atoms with Crippen LogP contribution in [0, 0.1) is 0 Å². The van der Waals surface area contributed by atoms with Gasteiger partial charge in [0.15, 0.2) is 0 Å². The van der Waals surface area contributed by atoms with Crippen molar-refractivity contribution >= 4 is 18.3 Å². The standard InChI is InChI=1S/C14H18N4O.ClH/c15-13(11-12-5-2-1-3-6-12)14(19)16-8-10-18-9-4-7-17-18;/h1-7,9,13H,8,10-11,15H2,(H,16,19);1H/t13-;/m0./s1. The van der Waals surface area contributed by atoms with Gasteiger partial charge in [-0.15, -0.1) is 12.4 Å². The van der Waals surface area contributed by atoms with Crippen LogP contribution in [0.1, 0.15) is 5.56 Å². The first kappa shape index (κ1) is 16.2. The number of halogens is 1. The number of rotatable bonds is 6. The van der Waals surface area contributed by atoms with E-state index in [0.717, 1.165) is 5.56 Å². The monoisotopic (exact) mass is 294 g/mol. The minimum absolute atomic E-state index is 0. The maximum absolute atomic E-state index is 11.8. The Balaban J connectivity index is 0.00000200. The Morgan fingerprint density at radius 3 is 2.70 bits per heavy atom. The smallest absolute Gasteiger partial charge is 0.237 e. The molecule has 0 saturated carbocycles. The van der Waals surface area contributed by atoms with Gasteiger partial charge in [0, 0.05) is 18.9 Å². The highest BCUT2D eigenvalue weighted by molar-refractivity contribution is 5.85. The lowest BCUT2D eigenvalue weighted by atomic mass is 10.1. The van der Waals surface area contributed by atoms with Crippen molar-refractivity contribution in [1.82, 2.24) is 15.1 Å². The molecule has 0 saturated heterocycles. The third-order valence-corrected chi connectivity index (χ3v) is 2.83.